The summed E-state index contributed by atoms with van der Waals surface area (Å²) in [5.74, 6) is 0.283. The predicted octanol–water partition coefficient (Wildman–Crippen LogP) is 1.87. The van der Waals surface area contributed by atoms with Gasteiger partial charge in [-0.15, -0.1) is 0 Å². The summed E-state index contributed by atoms with van der Waals surface area (Å²) in [6.45, 7) is 0. The molecule has 3 nitrogen and oxygen atoms in total. The molecule has 1 heterocycles. The van der Waals surface area contributed by atoms with E-state index in [1.54, 1.807) is 12.4 Å². The number of halogens is 1. The zero-order valence-electron chi connectivity index (χ0n) is 5.50. The van der Waals surface area contributed by atoms with Crippen molar-refractivity contribution in [3.63, 3.8) is 0 Å². The van der Waals surface area contributed by atoms with Crippen LogP contribution in [0, 0.1) is 3.57 Å². The van der Waals surface area contributed by atoms with Crippen LogP contribution in [0.5, 0.6) is 5.75 Å². The molecule has 0 aliphatic heterocycles. The van der Waals surface area contributed by atoms with E-state index >= 15 is 0 Å². The second kappa shape index (κ2) is 2.37. The minimum atomic E-state index is 0.283. The number of aromatic nitrogens is 2. The third kappa shape index (κ3) is 1.07. The molecule has 1 aromatic heterocycles. The molecular formula is C7H5IN2O. The second-order valence-electron chi connectivity index (χ2n) is 2.22. The van der Waals surface area contributed by atoms with Crippen molar-refractivity contribution in [3.8, 4) is 5.75 Å². The molecule has 0 saturated heterocycles. The number of benzene rings is 1. The van der Waals surface area contributed by atoms with Crippen molar-refractivity contribution < 1.29 is 5.11 Å². The Hall–Kier alpha value is -0.780. The first-order valence-corrected chi connectivity index (χ1v) is 4.17. The van der Waals surface area contributed by atoms with Gasteiger partial charge in [0.2, 0.25) is 0 Å². The Morgan fingerprint density at radius 2 is 2.27 bits per heavy atom. The van der Waals surface area contributed by atoms with Crippen molar-refractivity contribution in [3.05, 3.63) is 22.0 Å². The average Bonchev–Trinajstić information content (AvgIpc) is 2.36. The van der Waals surface area contributed by atoms with Gasteiger partial charge in [-0.3, -0.25) is 0 Å². The highest BCUT2D eigenvalue weighted by molar-refractivity contribution is 14.1. The Kier molecular flexibility index (Phi) is 1.49. The van der Waals surface area contributed by atoms with Crippen molar-refractivity contribution >= 4 is 33.6 Å². The number of hydrogen-bond donors (Lipinski definition) is 2. The minimum Gasteiger partial charge on any atom is -0.507 e. The molecule has 0 saturated carbocycles. The molecule has 2 rings (SSSR count). The van der Waals surface area contributed by atoms with Crippen molar-refractivity contribution in [2.24, 2.45) is 0 Å². The number of aromatic amines is 1. The molecule has 11 heavy (non-hydrogen) atoms. The van der Waals surface area contributed by atoms with Crippen LogP contribution in [0.4, 0.5) is 0 Å². The lowest BCUT2D eigenvalue weighted by Crippen LogP contribution is -1.74. The molecule has 0 bridgehead atoms. The van der Waals surface area contributed by atoms with Gasteiger partial charge in [-0.25, -0.2) is 4.98 Å². The first-order chi connectivity index (χ1) is 5.27. The van der Waals surface area contributed by atoms with E-state index in [2.05, 4.69) is 32.6 Å². The maximum atomic E-state index is 9.27. The van der Waals surface area contributed by atoms with Gasteiger partial charge in [0, 0.05) is 6.07 Å². The first-order valence-electron chi connectivity index (χ1n) is 3.09. The Balaban J connectivity index is 2.86. The Bertz CT molecular complexity index is 360. The molecule has 0 unspecified atom stereocenters. The highest BCUT2D eigenvalue weighted by Gasteiger charge is 2.01. The van der Waals surface area contributed by atoms with Gasteiger partial charge in [-0.1, -0.05) is 0 Å². The number of phenolic OH excluding ortho intramolecular Hbond substituents is 1. The molecular weight excluding hydrogens is 255 g/mol. The normalized spacial score (nSPS) is 10.6. The topological polar surface area (TPSA) is 48.9 Å². The summed E-state index contributed by atoms with van der Waals surface area (Å²) in [6, 6.07) is 3.51. The van der Waals surface area contributed by atoms with Crippen LogP contribution in [-0.2, 0) is 0 Å². The van der Waals surface area contributed by atoms with Gasteiger partial charge in [-0.2, -0.15) is 0 Å². The van der Waals surface area contributed by atoms with Crippen LogP contribution in [0.25, 0.3) is 11.0 Å². The van der Waals surface area contributed by atoms with E-state index in [0.717, 1.165) is 14.6 Å². The standard InChI is InChI=1S/C7H5IN2O/c8-4-1-5-6(2-7(4)11)10-3-9-5/h1-3,11H,(H,9,10). The fourth-order valence-electron chi connectivity index (χ4n) is 0.945. The Labute approximate surface area is 76.6 Å². The molecule has 0 fully saturated rings. The lowest BCUT2D eigenvalue weighted by Gasteiger charge is -1.94. The van der Waals surface area contributed by atoms with Crippen LogP contribution >= 0.6 is 22.6 Å². The fourth-order valence-corrected chi connectivity index (χ4v) is 1.41. The number of hydrogen-bond acceptors (Lipinski definition) is 2. The molecule has 0 radical (unpaired) electrons. The van der Waals surface area contributed by atoms with E-state index in [1.807, 2.05) is 6.07 Å². The number of H-pyrrole nitrogens is 1. The van der Waals surface area contributed by atoms with E-state index in [9.17, 15) is 5.11 Å². The fraction of sp³-hybridized carbons (Fsp3) is 0. The summed E-state index contributed by atoms with van der Waals surface area (Å²) in [7, 11) is 0. The average molecular weight is 260 g/mol. The van der Waals surface area contributed by atoms with Crippen molar-refractivity contribution in [1.82, 2.24) is 9.97 Å². The number of nitrogens with one attached hydrogen (secondary N) is 1. The van der Waals surface area contributed by atoms with Crippen LogP contribution in [0.15, 0.2) is 18.5 Å². The highest BCUT2D eigenvalue weighted by atomic mass is 127. The van der Waals surface area contributed by atoms with Crippen LogP contribution in [0.2, 0.25) is 0 Å². The maximum absolute atomic E-state index is 9.27. The lowest BCUT2D eigenvalue weighted by molar-refractivity contribution is 0.472. The zero-order valence-corrected chi connectivity index (χ0v) is 7.66. The SMILES string of the molecule is Oc1cc2nc[nH]c2cc1I. The van der Waals surface area contributed by atoms with Gasteiger partial charge in [-0.05, 0) is 28.7 Å². The van der Waals surface area contributed by atoms with E-state index < -0.39 is 0 Å². The van der Waals surface area contributed by atoms with Crippen molar-refractivity contribution in [2.75, 3.05) is 0 Å². The largest absolute Gasteiger partial charge is 0.507 e. The maximum Gasteiger partial charge on any atom is 0.131 e. The van der Waals surface area contributed by atoms with Crippen LogP contribution < -0.4 is 0 Å². The highest BCUT2D eigenvalue weighted by Crippen LogP contribution is 2.23. The summed E-state index contributed by atoms with van der Waals surface area (Å²) in [4.78, 5) is 6.96. The van der Waals surface area contributed by atoms with E-state index in [-0.39, 0.29) is 5.75 Å². The molecule has 56 valence electrons. The number of nitrogens with zero attached hydrogens (tertiary/aromatic N) is 1. The summed E-state index contributed by atoms with van der Waals surface area (Å²) in [5.41, 5.74) is 1.75. The summed E-state index contributed by atoms with van der Waals surface area (Å²) in [6.07, 6.45) is 1.61. The molecule has 0 aliphatic carbocycles. The monoisotopic (exact) mass is 260 g/mol. The molecule has 0 atom stereocenters. The molecule has 2 N–H and O–H groups in total. The molecule has 2 aromatic rings. The molecule has 4 heteroatoms. The molecule has 0 aliphatic rings. The van der Waals surface area contributed by atoms with Crippen LogP contribution in [0.3, 0.4) is 0 Å². The van der Waals surface area contributed by atoms with Crippen LogP contribution in [-0.4, -0.2) is 15.1 Å². The van der Waals surface area contributed by atoms with Gasteiger partial charge in [0.15, 0.2) is 0 Å². The van der Waals surface area contributed by atoms with E-state index in [1.165, 1.54) is 0 Å². The number of imidazole rings is 1. The summed E-state index contributed by atoms with van der Waals surface area (Å²) >= 11 is 2.07. The summed E-state index contributed by atoms with van der Waals surface area (Å²) < 4.78 is 0.833. The summed E-state index contributed by atoms with van der Waals surface area (Å²) in [5, 5.41) is 9.27. The number of phenols is 1. The van der Waals surface area contributed by atoms with Crippen molar-refractivity contribution in [1.29, 1.82) is 0 Å². The van der Waals surface area contributed by atoms with E-state index in [4.69, 9.17) is 0 Å². The third-order valence-corrected chi connectivity index (χ3v) is 2.35. The molecule has 0 amide bonds. The molecule has 0 spiro atoms. The van der Waals surface area contributed by atoms with Gasteiger partial charge in [0.05, 0.1) is 20.9 Å². The first kappa shape index (κ1) is 6.90. The Morgan fingerprint density at radius 3 is 3.09 bits per heavy atom. The smallest absolute Gasteiger partial charge is 0.131 e. The van der Waals surface area contributed by atoms with Gasteiger partial charge < -0.3 is 10.1 Å². The number of rotatable bonds is 0. The van der Waals surface area contributed by atoms with Crippen LogP contribution in [0.1, 0.15) is 0 Å². The quantitative estimate of drug-likeness (QED) is 0.710. The third-order valence-electron chi connectivity index (χ3n) is 1.49. The second-order valence-corrected chi connectivity index (χ2v) is 3.39. The van der Waals surface area contributed by atoms with E-state index in [0.29, 0.717) is 0 Å². The minimum absolute atomic E-state index is 0.283. The van der Waals surface area contributed by atoms with Gasteiger partial charge >= 0.3 is 0 Å². The van der Waals surface area contributed by atoms with Crippen molar-refractivity contribution in [2.45, 2.75) is 0 Å². The number of aromatic hydroxyl groups is 1. The number of fused-ring (bicyclic) bond motifs is 1. The van der Waals surface area contributed by atoms with Gasteiger partial charge in [0.1, 0.15) is 5.75 Å². The molecule has 1 aromatic carbocycles. The zero-order chi connectivity index (χ0) is 7.84. The van der Waals surface area contributed by atoms with Gasteiger partial charge in [0.25, 0.3) is 0 Å². The predicted molar refractivity (Wildman–Crippen MR) is 50.5 cm³/mol. The lowest BCUT2D eigenvalue weighted by atomic mass is 10.3. The Morgan fingerprint density at radius 1 is 1.45 bits per heavy atom.